The molecule has 1 aliphatic rings. The van der Waals surface area contributed by atoms with E-state index < -0.39 is 0 Å². The van der Waals surface area contributed by atoms with Gasteiger partial charge in [-0.3, -0.25) is 0 Å². The van der Waals surface area contributed by atoms with Gasteiger partial charge in [0.25, 0.3) is 0 Å². The van der Waals surface area contributed by atoms with Gasteiger partial charge in [-0.2, -0.15) is 0 Å². The number of hydrogen-bond donors (Lipinski definition) is 2. The van der Waals surface area contributed by atoms with Crippen molar-refractivity contribution in [2.45, 2.75) is 25.4 Å². The number of hydrogen-bond acceptors (Lipinski definition) is 2. The maximum absolute atomic E-state index is 11.5. The molecule has 17 heavy (non-hydrogen) atoms. The molecule has 0 atom stereocenters. The first-order valence-electron chi connectivity index (χ1n) is 5.82. The van der Waals surface area contributed by atoms with Crippen LogP contribution in [0.5, 0.6) is 0 Å². The molecule has 1 heterocycles. The van der Waals surface area contributed by atoms with Crippen LogP contribution < -0.4 is 10.6 Å². The Hall–Kier alpha value is -1.97. The second-order valence-electron chi connectivity index (χ2n) is 4.36. The molecule has 0 saturated heterocycles. The van der Waals surface area contributed by atoms with Gasteiger partial charge in [-0.05, 0) is 18.9 Å². The predicted molar refractivity (Wildman–Crippen MR) is 64.6 cm³/mol. The van der Waals surface area contributed by atoms with Gasteiger partial charge in [-0.1, -0.05) is 18.2 Å². The lowest BCUT2D eigenvalue weighted by atomic mass is 10.2. The minimum absolute atomic E-state index is 0.0993. The second-order valence-corrected chi connectivity index (χ2v) is 4.36. The standard InChI is InChI=1S/C13H14N2O2/c16-13(15-10-5-6-10)14-7-9-8-17-12-4-2-1-3-11(9)12/h1-4,8,10H,5-7H2,(H2,14,15,16). The lowest BCUT2D eigenvalue weighted by Crippen LogP contribution is -2.36. The fraction of sp³-hybridized carbons (Fsp3) is 0.308. The van der Waals surface area contributed by atoms with Crippen molar-refractivity contribution in [3.8, 4) is 0 Å². The normalized spacial score (nSPS) is 14.8. The van der Waals surface area contributed by atoms with E-state index in [2.05, 4.69) is 10.6 Å². The van der Waals surface area contributed by atoms with Crippen LogP contribution in [-0.2, 0) is 6.54 Å². The molecule has 1 aromatic carbocycles. The highest BCUT2D eigenvalue weighted by molar-refractivity contribution is 5.81. The third-order valence-corrected chi connectivity index (χ3v) is 2.91. The van der Waals surface area contributed by atoms with Crippen molar-refractivity contribution >= 4 is 17.0 Å². The fourth-order valence-corrected chi connectivity index (χ4v) is 1.81. The van der Waals surface area contributed by atoms with E-state index >= 15 is 0 Å². The third kappa shape index (κ3) is 2.25. The zero-order valence-electron chi connectivity index (χ0n) is 9.40. The van der Waals surface area contributed by atoms with Gasteiger partial charge in [-0.25, -0.2) is 4.79 Å². The molecule has 1 fully saturated rings. The maximum Gasteiger partial charge on any atom is 0.315 e. The number of para-hydroxylation sites is 1. The Morgan fingerprint density at radius 1 is 1.35 bits per heavy atom. The van der Waals surface area contributed by atoms with E-state index in [-0.39, 0.29) is 6.03 Å². The number of urea groups is 1. The predicted octanol–water partition coefficient (Wildman–Crippen LogP) is 2.39. The zero-order valence-corrected chi connectivity index (χ0v) is 9.40. The van der Waals surface area contributed by atoms with E-state index in [4.69, 9.17) is 4.42 Å². The summed E-state index contributed by atoms with van der Waals surface area (Å²) in [6, 6.07) is 8.10. The summed E-state index contributed by atoms with van der Waals surface area (Å²) in [6.45, 7) is 0.496. The number of fused-ring (bicyclic) bond motifs is 1. The van der Waals surface area contributed by atoms with Gasteiger partial charge in [-0.15, -0.1) is 0 Å². The van der Waals surface area contributed by atoms with E-state index in [1.165, 1.54) is 0 Å². The smallest absolute Gasteiger partial charge is 0.315 e. The lowest BCUT2D eigenvalue weighted by molar-refractivity contribution is 0.240. The number of rotatable bonds is 3. The highest BCUT2D eigenvalue weighted by atomic mass is 16.3. The van der Waals surface area contributed by atoms with E-state index in [1.807, 2.05) is 24.3 Å². The van der Waals surface area contributed by atoms with Crippen molar-refractivity contribution < 1.29 is 9.21 Å². The Morgan fingerprint density at radius 2 is 2.18 bits per heavy atom. The molecule has 1 aromatic heterocycles. The molecule has 0 radical (unpaired) electrons. The summed E-state index contributed by atoms with van der Waals surface area (Å²) < 4.78 is 5.40. The van der Waals surface area contributed by atoms with Crippen LogP contribution >= 0.6 is 0 Å². The number of benzene rings is 1. The van der Waals surface area contributed by atoms with E-state index in [1.54, 1.807) is 6.26 Å². The molecule has 2 amide bonds. The van der Waals surface area contributed by atoms with Gasteiger partial charge in [0.15, 0.2) is 0 Å². The lowest BCUT2D eigenvalue weighted by Gasteiger charge is -2.04. The number of carbonyl (C=O) groups excluding carboxylic acids is 1. The summed E-state index contributed by atoms with van der Waals surface area (Å²) in [5, 5.41) is 6.78. The molecule has 0 spiro atoms. The Morgan fingerprint density at radius 3 is 3.00 bits per heavy atom. The molecule has 0 bridgehead atoms. The first-order chi connectivity index (χ1) is 8.33. The summed E-state index contributed by atoms with van der Waals surface area (Å²) in [5.41, 5.74) is 1.86. The second kappa shape index (κ2) is 4.13. The molecule has 4 nitrogen and oxygen atoms in total. The molecule has 1 saturated carbocycles. The fourth-order valence-electron chi connectivity index (χ4n) is 1.81. The first kappa shape index (κ1) is 10.2. The Bertz CT molecular complexity index is 543. The third-order valence-electron chi connectivity index (χ3n) is 2.91. The molecule has 4 heteroatoms. The van der Waals surface area contributed by atoms with E-state index in [0.717, 1.165) is 29.4 Å². The Labute approximate surface area is 99.0 Å². The average Bonchev–Trinajstić information content (AvgIpc) is 3.06. The molecule has 0 unspecified atom stereocenters. The Balaban J connectivity index is 1.65. The van der Waals surface area contributed by atoms with Crippen molar-refractivity contribution in [1.29, 1.82) is 0 Å². The minimum atomic E-state index is -0.0993. The maximum atomic E-state index is 11.5. The number of amides is 2. The van der Waals surface area contributed by atoms with Gasteiger partial charge in [0.1, 0.15) is 5.58 Å². The number of furan rings is 1. The van der Waals surface area contributed by atoms with Crippen LogP contribution in [-0.4, -0.2) is 12.1 Å². The highest BCUT2D eigenvalue weighted by Gasteiger charge is 2.23. The summed E-state index contributed by atoms with van der Waals surface area (Å²) in [4.78, 5) is 11.5. The molecule has 2 N–H and O–H groups in total. The Kier molecular flexibility index (Phi) is 2.48. The van der Waals surface area contributed by atoms with Gasteiger partial charge < -0.3 is 15.1 Å². The first-order valence-corrected chi connectivity index (χ1v) is 5.82. The van der Waals surface area contributed by atoms with Gasteiger partial charge in [0.05, 0.1) is 6.26 Å². The molecule has 1 aliphatic carbocycles. The van der Waals surface area contributed by atoms with E-state index in [9.17, 15) is 4.79 Å². The number of carbonyl (C=O) groups is 1. The molecule has 0 aliphatic heterocycles. The molecule has 3 rings (SSSR count). The molecule has 88 valence electrons. The van der Waals surface area contributed by atoms with Crippen LogP contribution in [0.1, 0.15) is 18.4 Å². The van der Waals surface area contributed by atoms with Crippen LogP contribution in [0.2, 0.25) is 0 Å². The highest BCUT2D eigenvalue weighted by Crippen LogP contribution is 2.20. The van der Waals surface area contributed by atoms with Crippen molar-refractivity contribution in [3.05, 3.63) is 36.1 Å². The van der Waals surface area contributed by atoms with Crippen LogP contribution in [0, 0.1) is 0 Å². The number of nitrogens with one attached hydrogen (secondary N) is 2. The molecule has 2 aromatic rings. The topological polar surface area (TPSA) is 54.3 Å². The zero-order chi connectivity index (χ0) is 11.7. The molecular weight excluding hydrogens is 216 g/mol. The molecular formula is C13H14N2O2. The van der Waals surface area contributed by atoms with Crippen LogP contribution in [0.4, 0.5) is 4.79 Å². The monoisotopic (exact) mass is 230 g/mol. The van der Waals surface area contributed by atoms with Crippen LogP contribution in [0.25, 0.3) is 11.0 Å². The SMILES string of the molecule is O=C(NCc1coc2ccccc12)NC1CC1. The summed E-state index contributed by atoms with van der Waals surface area (Å²) in [6.07, 6.45) is 3.90. The van der Waals surface area contributed by atoms with Crippen molar-refractivity contribution in [2.75, 3.05) is 0 Å². The summed E-state index contributed by atoms with van der Waals surface area (Å²) in [7, 11) is 0. The van der Waals surface area contributed by atoms with E-state index in [0.29, 0.717) is 12.6 Å². The average molecular weight is 230 g/mol. The quantitative estimate of drug-likeness (QED) is 0.850. The minimum Gasteiger partial charge on any atom is -0.464 e. The largest absolute Gasteiger partial charge is 0.464 e. The van der Waals surface area contributed by atoms with Gasteiger partial charge in [0.2, 0.25) is 0 Å². The summed E-state index contributed by atoms with van der Waals surface area (Å²) >= 11 is 0. The van der Waals surface area contributed by atoms with Crippen molar-refractivity contribution in [2.24, 2.45) is 0 Å². The van der Waals surface area contributed by atoms with Crippen molar-refractivity contribution in [1.82, 2.24) is 10.6 Å². The van der Waals surface area contributed by atoms with Gasteiger partial charge >= 0.3 is 6.03 Å². The van der Waals surface area contributed by atoms with Crippen LogP contribution in [0.15, 0.2) is 34.9 Å². The van der Waals surface area contributed by atoms with Crippen LogP contribution in [0.3, 0.4) is 0 Å². The van der Waals surface area contributed by atoms with Crippen molar-refractivity contribution in [3.63, 3.8) is 0 Å². The van der Waals surface area contributed by atoms with Gasteiger partial charge in [0, 0.05) is 23.5 Å². The summed E-state index contributed by atoms with van der Waals surface area (Å²) in [5.74, 6) is 0.